The summed E-state index contributed by atoms with van der Waals surface area (Å²) in [6.07, 6.45) is 0.740. The monoisotopic (exact) mass is 334 g/mol. The van der Waals surface area contributed by atoms with Crippen LogP contribution in [0.1, 0.15) is 21.5 Å². The van der Waals surface area contributed by atoms with Gasteiger partial charge in [0.25, 0.3) is 0 Å². The van der Waals surface area contributed by atoms with Crippen molar-refractivity contribution < 1.29 is 14.3 Å². The Hall–Kier alpha value is -1.81. The Morgan fingerprint density at radius 3 is 2.55 bits per heavy atom. The average molecular weight is 335 g/mol. The van der Waals surface area contributed by atoms with Crippen LogP contribution in [0.3, 0.4) is 0 Å². The fourth-order valence-corrected chi connectivity index (χ4v) is 2.60. The lowest BCUT2D eigenvalue weighted by Crippen LogP contribution is -2.03. The molecule has 0 heterocycles. The highest BCUT2D eigenvalue weighted by Crippen LogP contribution is 2.24. The summed E-state index contributed by atoms with van der Waals surface area (Å²) < 4.78 is 10.8. The molecule has 2 rings (SSSR count). The number of para-hydroxylation sites is 1. The van der Waals surface area contributed by atoms with Crippen LogP contribution in [0.2, 0.25) is 0 Å². The third kappa shape index (κ3) is 3.20. The molecule has 2 aromatic carbocycles. The summed E-state index contributed by atoms with van der Waals surface area (Å²) in [7, 11) is 3.03. The third-order valence-electron chi connectivity index (χ3n) is 3.03. The third-order valence-corrected chi connectivity index (χ3v) is 3.68. The zero-order valence-electron chi connectivity index (χ0n) is 11.4. The minimum Gasteiger partial charge on any atom is -0.496 e. The van der Waals surface area contributed by atoms with E-state index in [1.54, 1.807) is 13.2 Å². The first-order valence-corrected chi connectivity index (χ1v) is 6.93. The summed E-state index contributed by atoms with van der Waals surface area (Å²) >= 11 is 3.41. The molecule has 0 aromatic heterocycles. The quantitative estimate of drug-likeness (QED) is 0.797. The van der Waals surface area contributed by atoms with Crippen molar-refractivity contribution in [3.8, 4) is 5.75 Å². The van der Waals surface area contributed by atoms with Crippen molar-refractivity contribution in [1.29, 1.82) is 0 Å². The van der Waals surface area contributed by atoms with Gasteiger partial charge in [-0.3, -0.25) is 0 Å². The first-order valence-electron chi connectivity index (χ1n) is 6.14. The molecule has 0 saturated carbocycles. The fraction of sp³-hybridized carbons (Fsp3) is 0.188. The highest BCUT2D eigenvalue weighted by atomic mass is 79.9. The van der Waals surface area contributed by atoms with Gasteiger partial charge in [0.05, 0.1) is 19.8 Å². The van der Waals surface area contributed by atoms with E-state index >= 15 is 0 Å². The Labute approximate surface area is 126 Å². The van der Waals surface area contributed by atoms with Crippen LogP contribution < -0.4 is 4.74 Å². The van der Waals surface area contributed by atoms with E-state index in [4.69, 9.17) is 9.47 Å². The van der Waals surface area contributed by atoms with Crippen LogP contribution in [0.15, 0.2) is 46.9 Å². The van der Waals surface area contributed by atoms with Crippen molar-refractivity contribution in [2.75, 3.05) is 14.2 Å². The molecule has 3 nitrogen and oxygen atoms in total. The normalized spacial score (nSPS) is 10.2. The lowest BCUT2D eigenvalue weighted by Gasteiger charge is -2.09. The highest BCUT2D eigenvalue weighted by molar-refractivity contribution is 9.10. The van der Waals surface area contributed by atoms with Gasteiger partial charge in [0, 0.05) is 10.9 Å². The fourth-order valence-electron chi connectivity index (χ4n) is 2.01. The molecule has 0 N–H and O–H groups in total. The predicted molar refractivity (Wildman–Crippen MR) is 81.3 cm³/mol. The zero-order valence-corrected chi connectivity index (χ0v) is 12.9. The van der Waals surface area contributed by atoms with E-state index in [9.17, 15) is 4.79 Å². The molecule has 0 unspecified atom stereocenters. The SMILES string of the molecule is COC(=O)c1ccc(Cc2ccccc2OC)cc1Br. The number of rotatable bonds is 4. The molecule has 0 fully saturated rings. The Morgan fingerprint density at radius 2 is 1.90 bits per heavy atom. The lowest BCUT2D eigenvalue weighted by atomic mass is 10.0. The zero-order chi connectivity index (χ0) is 14.5. The van der Waals surface area contributed by atoms with Gasteiger partial charge in [0.1, 0.15) is 5.75 Å². The maximum absolute atomic E-state index is 11.5. The molecular formula is C16H15BrO3. The maximum Gasteiger partial charge on any atom is 0.338 e. The second-order valence-electron chi connectivity index (χ2n) is 4.29. The van der Waals surface area contributed by atoms with E-state index < -0.39 is 0 Å². The second-order valence-corrected chi connectivity index (χ2v) is 5.15. The van der Waals surface area contributed by atoms with Gasteiger partial charge in [0.2, 0.25) is 0 Å². The van der Waals surface area contributed by atoms with Crippen LogP contribution in [-0.2, 0) is 11.2 Å². The van der Waals surface area contributed by atoms with Crippen molar-refractivity contribution in [3.63, 3.8) is 0 Å². The molecule has 20 heavy (non-hydrogen) atoms. The van der Waals surface area contributed by atoms with Crippen LogP contribution in [0.25, 0.3) is 0 Å². The number of hydrogen-bond acceptors (Lipinski definition) is 3. The van der Waals surface area contributed by atoms with Gasteiger partial charge in [-0.2, -0.15) is 0 Å². The smallest absolute Gasteiger partial charge is 0.338 e. The van der Waals surface area contributed by atoms with Crippen molar-refractivity contribution in [2.45, 2.75) is 6.42 Å². The van der Waals surface area contributed by atoms with Gasteiger partial charge in [-0.1, -0.05) is 24.3 Å². The van der Waals surface area contributed by atoms with Crippen molar-refractivity contribution in [3.05, 3.63) is 63.6 Å². The van der Waals surface area contributed by atoms with Crippen LogP contribution in [0.5, 0.6) is 5.75 Å². The summed E-state index contributed by atoms with van der Waals surface area (Å²) in [4.78, 5) is 11.5. The maximum atomic E-state index is 11.5. The molecule has 4 heteroatoms. The predicted octanol–water partition coefficient (Wildman–Crippen LogP) is 3.84. The molecule has 0 aliphatic carbocycles. The number of hydrogen-bond donors (Lipinski definition) is 0. The number of carbonyl (C=O) groups excluding carboxylic acids is 1. The molecule has 0 aliphatic rings. The standard InChI is InChI=1S/C16H15BrO3/c1-19-15-6-4-3-5-12(15)9-11-7-8-13(14(17)10-11)16(18)20-2/h3-8,10H,9H2,1-2H3. The van der Waals surface area contributed by atoms with Gasteiger partial charge in [-0.25, -0.2) is 4.79 Å². The molecule has 0 amide bonds. The number of esters is 1. The molecule has 0 saturated heterocycles. The molecular weight excluding hydrogens is 320 g/mol. The van der Waals surface area contributed by atoms with E-state index in [0.717, 1.165) is 27.8 Å². The second kappa shape index (κ2) is 6.57. The molecule has 0 bridgehead atoms. The van der Waals surface area contributed by atoms with Gasteiger partial charge >= 0.3 is 5.97 Å². The van der Waals surface area contributed by atoms with E-state index in [2.05, 4.69) is 15.9 Å². The van der Waals surface area contributed by atoms with Crippen LogP contribution in [-0.4, -0.2) is 20.2 Å². The van der Waals surface area contributed by atoms with Crippen LogP contribution >= 0.6 is 15.9 Å². The first-order chi connectivity index (χ1) is 9.65. The number of ether oxygens (including phenoxy) is 2. The summed E-state index contributed by atoms with van der Waals surface area (Å²) in [5.74, 6) is 0.515. The van der Waals surface area contributed by atoms with Crippen LogP contribution in [0.4, 0.5) is 0 Å². The largest absolute Gasteiger partial charge is 0.496 e. The Balaban J connectivity index is 2.27. The first kappa shape index (κ1) is 14.6. The summed E-state index contributed by atoms with van der Waals surface area (Å²) in [5.41, 5.74) is 2.72. The summed E-state index contributed by atoms with van der Waals surface area (Å²) in [5, 5.41) is 0. The van der Waals surface area contributed by atoms with E-state index in [1.807, 2.05) is 36.4 Å². The highest BCUT2D eigenvalue weighted by Gasteiger charge is 2.11. The summed E-state index contributed by atoms with van der Waals surface area (Å²) in [6, 6.07) is 13.5. The molecule has 0 atom stereocenters. The van der Waals surface area contributed by atoms with E-state index in [1.165, 1.54) is 7.11 Å². The van der Waals surface area contributed by atoms with Crippen molar-refractivity contribution in [2.24, 2.45) is 0 Å². The molecule has 0 aliphatic heterocycles. The van der Waals surface area contributed by atoms with E-state index in [0.29, 0.717) is 5.56 Å². The molecule has 104 valence electrons. The van der Waals surface area contributed by atoms with Gasteiger partial charge in [-0.15, -0.1) is 0 Å². The van der Waals surface area contributed by atoms with Crippen molar-refractivity contribution >= 4 is 21.9 Å². The van der Waals surface area contributed by atoms with E-state index in [-0.39, 0.29) is 5.97 Å². The van der Waals surface area contributed by atoms with Crippen LogP contribution in [0, 0.1) is 0 Å². The number of halogens is 1. The molecule has 2 aromatic rings. The summed E-state index contributed by atoms with van der Waals surface area (Å²) in [6.45, 7) is 0. The average Bonchev–Trinajstić information content (AvgIpc) is 2.47. The topological polar surface area (TPSA) is 35.5 Å². The van der Waals surface area contributed by atoms with Gasteiger partial charge in [0.15, 0.2) is 0 Å². The van der Waals surface area contributed by atoms with Gasteiger partial charge < -0.3 is 9.47 Å². The molecule has 0 radical (unpaired) electrons. The minimum absolute atomic E-state index is 0.347. The Morgan fingerprint density at radius 1 is 1.15 bits per heavy atom. The number of benzene rings is 2. The lowest BCUT2D eigenvalue weighted by molar-refractivity contribution is 0.0599. The Kier molecular flexibility index (Phi) is 4.79. The number of carbonyl (C=O) groups is 1. The number of methoxy groups -OCH3 is 2. The minimum atomic E-state index is -0.347. The molecule has 0 spiro atoms. The van der Waals surface area contributed by atoms with Crippen molar-refractivity contribution in [1.82, 2.24) is 0 Å². The Bertz CT molecular complexity index is 623. The van der Waals surface area contributed by atoms with Gasteiger partial charge in [-0.05, 0) is 45.3 Å².